The molecule has 7 heteroatoms. The highest BCUT2D eigenvalue weighted by atomic mass is 16.5. The predicted molar refractivity (Wildman–Crippen MR) is 266 cm³/mol. The lowest BCUT2D eigenvalue weighted by Crippen LogP contribution is -2.40. The van der Waals surface area contributed by atoms with Crippen molar-refractivity contribution in [3.8, 4) is 0 Å². The molecule has 0 spiro atoms. The SMILES string of the molecule is CC/C=C\C/C=C\C/C=C\C/C=C\CCCCC(CCCCCCCC(=O)NC(CCCN)C(=O)O)OC(=O)CCCCCCCC/C=C\C/C=C\C/C=C\CCCCCCC. The van der Waals surface area contributed by atoms with Crippen molar-refractivity contribution in [1.29, 1.82) is 0 Å². The fourth-order valence-corrected chi connectivity index (χ4v) is 7.15. The van der Waals surface area contributed by atoms with Gasteiger partial charge >= 0.3 is 11.9 Å². The van der Waals surface area contributed by atoms with Gasteiger partial charge in [0, 0.05) is 12.8 Å². The number of allylic oxidation sites excluding steroid dienone is 14. The van der Waals surface area contributed by atoms with Crippen molar-refractivity contribution in [3.05, 3.63) is 85.1 Å². The summed E-state index contributed by atoms with van der Waals surface area (Å²) >= 11 is 0. The van der Waals surface area contributed by atoms with Crippen LogP contribution in [0.4, 0.5) is 0 Å². The molecule has 354 valence electrons. The van der Waals surface area contributed by atoms with Crippen LogP contribution >= 0.6 is 0 Å². The number of hydrogen-bond donors (Lipinski definition) is 3. The van der Waals surface area contributed by atoms with Gasteiger partial charge in [-0.05, 0) is 135 Å². The molecular formula is C55H94N2O5. The number of nitrogens with one attached hydrogen (secondary N) is 1. The fourth-order valence-electron chi connectivity index (χ4n) is 7.15. The van der Waals surface area contributed by atoms with Crippen molar-refractivity contribution in [2.45, 2.75) is 238 Å². The van der Waals surface area contributed by atoms with E-state index >= 15 is 0 Å². The summed E-state index contributed by atoms with van der Waals surface area (Å²) in [6, 6.07) is -0.868. The largest absolute Gasteiger partial charge is 0.480 e. The van der Waals surface area contributed by atoms with Gasteiger partial charge < -0.3 is 20.9 Å². The summed E-state index contributed by atoms with van der Waals surface area (Å²) in [6.45, 7) is 4.82. The summed E-state index contributed by atoms with van der Waals surface area (Å²) in [5.41, 5.74) is 5.50. The second-order valence-electron chi connectivity index (χ2n) is 16.8. The summed E-state index contributed by atoms with van der Waals surface area (Å²) in [4.78, 5) is 36.6. The first-order valence-electron chi connectivity index (χ1n) is 25.4. The van der Waals surface area contributed by atoms with Gasteiger partial charge in [0.05, 0.1) is 0 Å². The van der Waals surface area contributed by atoms with Crippen LogP contribution in [0.2, 0.25) is 0 Å². The Morgan fingerprint density at radius 2 is 0.887 bits per heavy atom. The van der Waals surface area contributed by atoms with E-state index in [1.807, 2.05) is 0 Å². The Balaban J connectivity index is 4.40. The van der Waals surface area contributed by atoms with E-state index in [2.05, 4.69) is 104 Å². The number of nitrogens with two attached hydrogens (primary N) is 1. The Kier molecular flexibility index (Phi) is 45.9. The third kappa shape index (κ3) is 44.6. The number of carboxylic acid groups (broad SMARTS) is 1. The summed E-state index contributed by atoms with van der Waals surface area (Å²) in [5, 5.41) is 12.0. The lowest BCUT2D eigenvalue weighted by Gasteiger charge is -2.18. The van der Waals surface area contributed by atoms with E-state index in [0.29, 0.717) is 32.2 Å². The summed E-state index contributed by atoms with van der Waals surface area (Å²) in [6.07, 6.45) is 64.9. The van der Waals surface area contributed by atoms with Crippen molar-refractivity contribution < 1.29 is 24.2 Å². The number of unbranched alkanes of at least 4 members (excludes halogenated alkanes) is 17. The lowest BCUT2D eigenvalue weighted by atomic mass is 10.0. The van der Waals surface area contributed by atoms with Gasteiger partial charge in [-0.15, -0.1) is 0 Å². The van der Waals surface area contributed by atoms with E-state index in [9.17, 15) is 19.5 Å². The third-order valence-electron chi connectivity index (χ3n) is 10.9. The summed E-state index contributed by atoms with van der Waals surface area (Å²) < 4.78 is 6.06. The molecule has 0 saturated heterocycles. The van der Waals surface area contributed by atoms with E-state index in [4.69, 9.17) is 10.5 Å². The number of amides is 1. The predicted octanol–water partition coefficient (Wildman–Crippen LogP) is 15.2. The maximum atomic E-state index is 12.9. The zero-order chi connectivity index (χ0) is 45.2. The Bertz CT molecular complexity index is 1250. The quantitative estimate of drug-likeness (QED) is 0.0319. The Morgan fingerprint density at radius 1 is 0.484 bits per heavy atom. The van der Waals surface area contributed by atoms with Gasteiger partial charge in [-0.3, -0.25) is 9.59 Å². The number of hydrogen-bond acceptors (Lipinski definition) is 5. The number of carboxylic acids is 1. The Labute approximate surface area is 381 Å². The first kappa shape index (κ1) is 58.6. The monoisotopic (exact) mass is 863 g/mol. The van der Waals surface area contributed by atoms with E-state index in [1.54, 1.807) is 0 Å². The average molecular weight is 863 g/mol. The number of aliphatic carboxylic acids is 1. The van der Waals surface area contributed by atoms with Crippen LogP contribution in [-0.2, 0) is 19.1 Å². The van der Waals surface area contributed by atoms with Crippen molar-refractivity contribution in [2.24, 2.45) is 5.73 Å². The maximum absolute atomic E-state index is 12.9. The average Bonchev–Trinajstić information content (AvgIpc) is 3.26. The molecule has 0 saturated carbocycles. The van der Waals surface area contributed by atoms with Crippen LogP contribution in [0.15, 0.2) is 85.1 Å². The van der Waals surface area contributed by atoms with Crippen LogP contribution in [0.5, 0.6) is 0 Å². The molecular weight excluding hydrogens is 769 g/mol. The van der Waals surface area contributed by atoms with Gasteiger partial charge in [0.2, 0.25) is 5.91 Å². The molecule has 0 rings (SSSR count). The minimum atomic E-state index is -1.01. The Morgan fingerprint density at radius 3 is 1.37 bits per heavy atom. The third-order valence-corrected chi connectivity index (χ3v) is 10.9. The number of rotatable bonds is 45. The second-order valence-corrected chi connectivity index (χ2v) is 16.8. The molecule has 0 aliphatic rings. The molecule has 0 fully saturated rings. The highest BCUT2D eigenvalue weighted by Crippen LogP contribution is 2.18. The first-order valence-corrected chi connectivity index (χ1v) is 25.4. The summed E-state index contributed by atoms with van der Waals surface area (Å²) in [7, 11) is 0. The van der Waals surface area contributed by atoms with Gasteiger partial charge in [0.1, 0.15) is 12.1 Å². The normalized spacial score (nSPS) is 13.3. The molecule has 2 unspecified atom stereocenters. The van der Waals surface area contributed by atoms with Crippen molar-refractivity contribution >= 4 is 17.8 Å². The summed E-state index contributed by atoms with van der Waals surface area (Å²) in [5.74, 6) is -1.28. The van der Waals surface area contributed by atoms with Gasteiger partial charge in [-0.25, -0.2) is 4.79 Å². The molecule has 0 aliphatic carbocycles. The van der Waals surface area contributed by atoms with Crippen LogP contribution in [0.25, 0.3) is 0 Å². The van der Waals surface area contributed by atoms with Crippen LogP contribution in [0, 0.1) is 0 Å². The molecule has 2 atom stereocenters. The van der Waals surface area contributed by atoms with E-state index in [-0.39, 0.29) is 18.0 Å². The fraction of sp³-hybridized carbons (Fsp3) is 0.691. The maximum Gasteiger partial charge on any atom is 0.326 e. The van der Waals surface area contributed by atoms with Gasteiger partial charge in [0.15, 0.2) is 0 Å². The molecule has 0 aliphatic heterocycles. The molecule has 62 heavy (non-hydrogen) atoms. The highest BCUT2D eigenvalue weighted by Gasteiger charge is 2.19. The van der Waals surface area contributed by atoms with Crippen LogP contribution < -0.4 is 11.1 Å². The van der Waals surface area contributed by atoms with Crippen molar-refractivity contribution in [2.75, 3.05) is 6.54 Å². The topological polar surface area (TPSA) is 119 Å². The minimum Gasteiger partial charge on any atom is -0.480 e. The molecule has 7 nitrogen and oxygen atoms in total. The van der Waals surface area contributed by atoms with E-state index in [1.165, 1.54) is 64.2 Å². The molecule has 0 aromatic heterocycles. The highest BCUT2D eigenvalue weighted by molar-refractivity contribution is 5.83. The van der Waals surface area contributed by atoms with E-state index < -0.39 is 12.0 Å². The number of ether oxygens (including phenoxy) is 1. The standard InChI is InChI=1S/C55H94N2O5/c1-3-5-7-9-11-13-15-17-19-20-21-22-23-24-26-28-30-32-34-39-43-49-54(59)62-51(45-40-36-33-31-29-27-25-18-16-14-12-10-8-6-4-2)46-41-37-35-38-42-48-53(58)57-52(55(60)61)47-44-50-56/h6,8,12,14-15,17-18,20-21,23-25,29,31,51-52H,3-5,7,9-11,13,16,19,22,26-28,30,32-50,56H2,1-2H3,(H,57,58)(H,60,61)/b8-6-,14-12-,17-15-,21-20-,24-23-,25-18-,31-29-. The van der Waals surface area contributed by atoms with E-state index in [0.717, 1.165) is 122 Å². The van der Waals surface area contributed by atoms with Gasteiger partial charge in [0.25, 0.3) is 0 Å². The van der Waals surface area contributed by atoms with Crippen LogP contribution in [-0.4, -0.2) is 41.6 Å². The molecule has 0 aromatic rings. The van der Waals surface area contributed by atoms with Crippen LogP contribution in [0.3, 0.4) is 0 Å². The second kappa shape index (κ2) is 48.6. The molecule has 0 heterocycles. The molecule has 4 N–H and O–H groups in total. The molecule has 0 bridgehead atoms. The molecule has 0 aromatic carbocycles. The van der Waals surface area contributed by atoms with Gasteiger partial charge in [-0.1, -0.05) is 170 Å². The number of carbonyl (C=O) groups excluding carboxylic acids is 2. The zero-order valence-electron chi connectivity index (χ0n) is 39.9. The van der Waals surface area contributed by atoms with Gasteiger partial charge in [-0.2, -0.15) is 0 Å². The van der Waals surface area contributed by atoms with Crippen LogP contribution in [0.1, 0.15) is 226 Å². The Hall–Kier alpha value is -3.45. The first-order chi connectivity index (χ1) is 30.4. The smallest absolute Gasteiger partial charge is 0.326 e. The number of esters is 1. The van der Waals surface area contributed by atoms with Crippen molar-refractivity contribution in [1.82, 2.24) is 5.32 Å². The zero-order valence-corrected chi connectivity index (χ0v) is 39.9. The molecule has 1 amide bonds. The lowest BCUT2D eigenvalue weighted by molar-refractivity contribution is -0.150. The number of carbonyl (C=O) groups is 3. The minimum absolute atomic E-state index is 0.0394. The molecule has 0 radical (unpaired) electrons. The van der Waals surface area contributed by atoms with Crippen molar-refractivity contribution in [3.63, 3.8) is 0 Å².